The van der Waals surface area contributed by atoms with E-state index in [-0.39, 0.29) is 35.3 Å². The number of amides is 4. The summed E-state index contributed by atoms with van der Waals surface area (Å²) in [7, 11) is 0. The number of benzene rings is 3. The van der Waals surface area contributed by atoms with Crippen LogP contribution in [-0.4, -0.2) is 24.5 Å². The Morgan fingerprint density at radius 3 is 2.38 bits per heavy atom. The van der Waals surface area contributed by atoms with Gasteiger partial charge in [-0.2, -0.15) is 0 Å². The topological polar surface area (TPSA) is 84.9 Å². The molecule has 4 amide bonds. The van der Waals surface area contributed by atoms with Crippen LogP contribution in [0.5, 0.6) is 11.5 Å². The molecule has 1 N–H and O–H groups in total. The fourth-order valence-corrected chi connectivity index (χ4v) is 4.25. The van der Waals surface area contributed by atoms with Crippen LogP contribution in [-0.2, 0) is 16.2 Å². The first-order valence-electron chi connectivity index (χ1n) is 11.5. The average Bonchev–Trinajstić information content (AvgIpc) is 2.82. The largest absolute Gasteiger partial charge is 0.490 e. The van der Waals surface area contributed by atoms with E-state index in [4.69, 9.17) is 21.1 Å². The van der Waals surface area contributed by atoms with Crippen LogP contribution in [0.1, 0.15) is 29.2 Å². The van der Waals surface area contributed by atoms with E-state index in [1.54, 1.807) is 43.3 Å². The minimum atomic E-state index is -0.831. The van der Waals surface area contributed by atoms with Gasteiger partial charge >= 0.3 is 6.03 Å². The Morgan fingerprint density at radius 1 is 1.00 bits per heavy atom. The number of hydrogen-bond donors (Lipinski definition) is 1. The first-order chi connectivity index (χ1) is 17.7. The fourth-order valence-electron chi connectivity index (χ4n) is 3.98. The van der Waals surface area contributed by atoms with Crippen LogP contribution in [0.3, 0.4) is 0 Å². The van der Waals surface area contributed by atoms with Crippen LogP contribution in [0.4, 0.5) is 14.9 Å². The molecular weight excluding hydrogens is 499 g/mol. The van der Waals surface area contributed by atoms with Gasteiger partial charge < -0.3 is 9.47 Å². The van der Waals surface area contributed by atoms with E-state index in [1.165, 1.54) is 18.2 Å². The molecule has 0 aromatic heterocycles. The number of anilines is 1. The summed E-state index contributed by atoms with van der Waals surface area (Å²) in [6.45, 7) is 5.66. The lowest BCUT2D eigenvalue weighted by Gasteiger charge is -2.27. The van der Waals surface area contributed by atoms with Crippen molar-refractivity contribution in [2.24, 2.45) is 0 Å². The van der Waals surface area contributed by atoms with Gasteiger partial charge in [0.15, 0.2) is 11.5 Å². The summed E-state index contributed by atoms with van der Waals surface area (Å²) in [5.41, 5.74) is 2.53. The second kappa shape index (κ2) is 10.8. The van der Waals surface area contributed by atoms with E-state index >= 15 is 0 Å². The SMILES string of the molecule is CCOc1cc(/C=C2\C(=O)NC(=O)N(c3cc(C)cc(C)c3)C2=O)cc(Cl)c1OCc1ccccc1F. The molecule has 7 nitrogen and oxygen atoms in total. The van der Waals surface area contributed by atoms with Crippen LogP contribution in [0, 0.1) is 19.7 Å². The van der Waals surface area contributed by atoms with Gasteiger partial charge in [0.2, 0.25) is 0 Å². The van der Waals surface area contributed by atoms with Crippen molar-refractivity contribution < 1.29 is 28.2 Å². The molecule has 3 aromatic rings. The third kappa shape index (κ3) is 5.65. The molecule has 0 unspecified atom stereocenters. The Hall–Kier alpha value is -4.17. The Kier molecular flexibility index (Phi) is 7.59. The summed E-state index contributed by atoms with van der Waals surface area (Å²) < 4.78 is 25.5. The smallest absolute Gasteiger partial charge is 0.335 e. The van der Waals surface area contributed by atoms with Gasteiger partial charge in [-0.1, -0.05) is 35.9 Å². The van der Waals surface area contributed by atoms with Crippen molar-refractivity contribution in [3.05, 3.63) is 93.3 Å². The van der Waals surface area contributed by atoms with Crippen molar-refractivity contribution in [3.8, 4) is 11.5 Å². The van der Waals surface area contributed by atoms with E-state index < -0.39 is 23.7 Å². The number of rotatable bonds is 7. The highest BCUT2D eigenvalue weighted by Gasteiger charge is 2.37. The number of aryl methyl sites for hydroxylation is 2. The van der Waals surface area contributed by atoms with E-state index in [0.29, 0.717) is 16.8 Å². The molecule has 0 aliphatic carbocycles. The van der Waals surface area contributed by atoms with Crippen molar-refractivity contribution in [2.75, 3.05) is 11.5 Å². The number of imide groups is 2. The number of hydrogen-bond acceptors (Lipinski definition) is 5. The summed E-state index contributed by atoms with van der Waals surface area (Å²) in [6.07, 6.45) is 1.33. The summed E-state index contributed by atoms with van der Waals surface area (Å²) in [6, 6.07) is 13.7. The Balaban J connectivity index is 1.68. The molecule has 9 heteroatoms. The van der Waals surface area contributed by atoms with E-state index in [0.717, 1.165) is 16.0 Å². The zero-order valence-electron chi connectivity index (χ0n) is 20.4. The molecule has 1 saturated heterocycles. The summed E-state index contributed by atoms with van der Waals surface area (Å²) in [4.78, 5) is 39.4. The number of barbiturate groups is 1. The molecule has 0 atom stereocenters. The molecule has 0 bridgehead atoms. The first-order valence-corrected chi connectivity index (χ1v) is 11.9. The average molecular weight is 523 g/mol. The number of urea groups is 1. The highest BCUT2D eigenvalue weighted by Crippen LogP contribution is 2.38. The van der Waals surface area contributed by atoms with Crippen molar-refractivity contribution in [1.29, 1.82) is 0 Å². The standard InChI is InChI=1S/C28H24ClFN2O5/c1-4-36-24-14-18(13-22(29)25(24)37-15-19-7-5-6-8-23(19)30)12-21-26(33)31-28(35)32(27(21)34)20-10-16(2)9-17(3)11-20/h5-14H,4,15H2,1-3H3,(H,31,33,35)/b21-12+. The number of nitrogens with one attached hydrogen (secondary N) is 1. The van der Waals surface area contributed by atoms with Crippen LogP contribution in [0.2, 0.25) is 5.02 Å². The van der Waals surface area contributed by atoms with E-state index in [1.807, 2.05) is 19.9 Å². The first kappa shape index (κ1) is 25.9. The van der Waals surface area contributed by atoms with Gasteiger partial charge in [0, 0.05) is 5.56 Å². The Bertz CT molecular complexity index is 1420. The highest BCUT2D eigenvalue weighted by molar-refractivity contribution is 6.39. The summed E-state index contributed by atoms with van der Waals surface area (Å²) in [5, 5.41) is 2.35. The van der Waals surface area contributed by atoms with Crippen molar-refractivity contribution in [3.63, 3.8) is 0 Å². The maximum atomic E-state index is 14.0. The van der Waals surface area contributed by atoms with Gasteiger partial charge in [-0.05, 0) is 73.9 Å². The molecule has 0 radical (unpaired) electrons. The second-order valence-corrected chi connectivity index (χ2v) is 8.85. The van der Waals surface area contributed by atoms with Crippen LogP contribution in [0.15, 0.2) is 60.2 Å². The third-order valence-electron chi connectivity index (χ3n) is 5.54. The lowest BCUT2D eigenvalue weighted by Crippen LogP contribution is -2.54. The molecule has 3 aromatic carbocycles. The van der Waals surface area contributed by atoms with Gasteiger partial charge in [-0.3, -0.25) is 14.9 Å². The molecular formula is C28H24ClFN2O5. The molecule has 1 heterocycles. The molecule has 0 spiro atoms. The van der Waals surface area contributed by atoms with Gasteiger partial charge in [-0.25, -0.2) is 14.1 Å². The minimum Gasteiger partial charge on any atom is -0.490 e. The normalized spacial score (nSPS) is 14.7. The Labute approximate surface area is 218 Å². The minimum absolute atomic E-state index is 0.0826. The fraction of sp³-hybridized carbons (Fsp3) is 0.179. The maximum absolute atomic E-state index is 14.0. The van der Waals surface area contributed by atoms with E-state index in [9.17, 15) is 18.8 Å². The van der Waals surface area contributed by atoms with Gasteiger partial charge in [0.05, 0.1) is 17.3 Å². The number of ether oxygens (including phenoxy) is 2. The predicted octanol–water partition coefficient (Wildman–Crippen LogP) is 5.74. The highest BCUT2D eigenvalue weighted by atomic mass is 35.5. The number of carbonyl (C=O) groups is 3. The van der Waals surface area contributed by atoms with Gasteiger partial charge in [-0.15, -0.1) is 0 Å². The number of nitrogens with zero attached hydrogens (tertiary/aromatic N) is 1. The molecule has 1 fully saturated rings. The Morgan fingerprint density at radius 2 is 1.70 bits per heavy atom. The molecule has 37 heavy (non-hydrogen) atoms. The predicted molar refractivity (Wildman–Crippen MR) is 138 cm³/mol. The monoisotopic (exact) mass is 522 g/mol. The maximum Gasteiger partial charge on any atom is 0.335 e. The van der Waals surface area contributed by atoms with Gasteiger partial charge in [0.1, 0.15) is 18.0 Å². The van der Waals surface area contributed by atoms with Crippen LogP contribution in [0.25, 0.3) is 6.08 Å². The molecule has 190 valence electrons. The zero-order chi connectivity index (χ0) is 26.7. The molecule has 1 aliphatic heterocycles. The van der Waals surface area contributed by atoms with Crippen molar-refractivity contribution in [1.82, 2.24) is 5.32 Å². The lowest BCUT2D eigenvalue weighted by molar-refractivity contribution is -0.122. The van der Waals surface area contributed by atoms with E-state index in [2.05, 4.69) is 5.32 Å². The number of halogens is 2. The zero-order valence-corrected chi connectivity index (χ0v) is 21.2. The third-order valence-corrected chi connectivity index (χ3v) is 5.82. The summed E-state index contributed by atoms with van der Waals surface area (Å²) >= 11 is 6.47. The number of carbonyl (C=O) groups excluding carboxylic acids is 3. The van der Waals surface area contributed by atoms with Crippen LogP contribution < -0.4 is 19.7 Å². The molecule has 4 rings (SSSR count). The van der Waals surface area contributed by atoms with Crippen LogP contribution >= 0.6 is 11.6 Å². The van der Waals surface area contributed by atoms with Crippen molar-refractivity contribution >= 4 is 41.2 Å². The lowest BCUT2D eigenvalue weighted by atomic mass is 10.0. The quantitative estimate of drug-likeness (QED) is 0.316. The van der Waals surface area contributed by atoms with Gasteiger partial charge in [0.25, 0.3) is 11.8 Å². The summed E-state index contributed by atoms with van der Waals surface area (Å²) in [5.74, 6) is -1.57. The van der Waals surface area contributed by atoms with Crippen molar-refractivity contribution in [2.45, 2.75) is 27.4 Å². The second-order valence-electron chi connectivity index (χ2n) is 8.45. The molecule has 0 saturated carbocycles. The molecule has 1 aliphatic rings.